The number of aliphatic imine (C=N–C) groups is 1. The minimum absolute atomic E-state index is 0. The fourth-order valence-electron chi connectivity index (χ4n) is 4.40. The molecule has 0 amide bonds. The number of ether oxygens (including phenoxy) is 2. The van der Waals surface area contributed by atoms with Gasteiger partial charge in [0.05, 0.1) is 12.6 Å². The molecule has 7 heteroatoms. The molecule has 0 bridgehead atoms. The Morgan fingerprint density at radius 2 is 1.73 bits per heavy atom. The molecule has 0 saturated carbocycles. The third-order valence-corrected chi connectivity index (χ3v) is 6.41. The van der Waals surface area contributed by atoms with Crippen molar-refractivity contribution in [2.75, 3.05) is 59.6 Å². The highest BCUT2D eigenvalue weighted by Gasteiger charge is 2.26. The summed E-state index contributed by atoms with van der Waals surface area (Å²) in [6.07, 6.45) is 6.16. The molecule has 2 heterocycles. The summed E-state index contributed by atoms with van der Waals surface area (Å²) in [4.78, 5) is 10.2. The fraction of sp³-hybridized carbons (Fsp3) is 0.957. The molecule has 0 aromatic carbocycles. The van der Waals surface area contributed by atoms with Crippen LogP contribution in [0.5, 0.6) is 0 Å². The Hall–Kier alpha value is -0.120. The lowest BCUT2D eigenvalue weighted by Crippen LogP contribution is -2.49. The third-order valence-electron chi connectivity index (χ3n) is 6.41. The van der Waals surface area contributed by atoms with Gasteiger partial charge in [-0.25, -0.2) is 0 Å². The molecule has 1 unspecified atom stereocenters. The van der Waals surface area contributed by atoms with Crippen molar-refractivity contribution in [3.05, 3.63) is 0 Å². The number of nitrogens with zero attached hydrogens (tertiary/aromatic N) is 3. The lowest BCUT2D eigenvalue weighted by molar-refractivity contribution is 0.00986. The summed E-state index contributed by atoms with van der Waals surface area (Å²) in [6, 6.07) is 0.540. The normalized spacial score (nSPS) is 21.0. The Bertz CT molecular complexity index is 462. The Kier molecular flexibility index (Phi) is 14.6. The summed E-state index contributed by atoms with van der Waals surface area (Å²) >= 11 is 0. The van der Waals surface area contributed by atoms with Crippen molar-refractivity contribution in [1.29, 1.82) is 0 Å². The number of guanidine groups is 1. The Balaban J connectivity index is 0.00000450. The maximum atomic E-state index is 6.02. The molecular formula is C23H47IN4O2. The topological polar surface area (TPSA) is 49.3 Å². The van der Waals surface area contributed by atoms with Crippen LogP contribution in [0.2, 0.25) is 0 Å². The first-order valence-corrected chi connectivity index (χ1v) is 11.9. The largest absolute Gasteiger partial charge is 0.385 e. The van der Waals surface area contributed by atoms with Crippen LogP contribution in [0.1, 0.15) is 59.8 Å². The van der Waals surface area contributed by atoms with E-state index in [4.69, 9.17) is 14.5 Å². The molecule has 0 aliphatic carbocycles. The lowest BCUT2D eigenvalue weighted by atomic mass is 9.94. The fourth-order valence-corrected chi connectivity index (χ4v) is 4.40. The zero-order valence-corrected chi connectivity index (χ0v) is 22.4. The molecule has 2 saturated heterocycles. The van der Waals surface area contributed by atoms with Gasteiger partial charge in [0.2, 0.25) is 0 Å². The highest BCUT2D eigenvalue weighted by atomic mass is 127. The second-order valence-corrected chi connectivity index (χ2v) is 9.13. The van der Waals surface area contributed by atoms with Crippen molar-refractivity contribution < 1.29 is 9.47 Å². The molecule has 6 nitrogen and oxygen atoms in total. The van der Waals surface area contributed by atoms with Gasteiger partial charge < -0.3 is 19.7 Å². The Morgan fingerprint density at radius 1 is 1.07 bits per heavy atom. The first kappa shape index (κ1) is 27.9. The van der Waals surface area contributed by atoms with Crippen LogP contribution in [0, 0.1) is 11.8 Å². The van der Waals surface area contributed by atoms with E-state index in [0.29, 0.717) is 18.1 Å². The van der Waals surface area contributed by atoms with Gasteiger partial charge in [-0.15, -0.1) is 24.0 Å². The van der Waals surface area contributed by atoms with Crippen molar-refractivity contribution in [1.82, 2.24) is 15.1 Å². The summed E-state index contributed by atoms with van der Waals surface area (Å²) in [5.41, 5.74) is 0. The molecule has 2 aliphatic heterocycles. The molecule has 1 atom stereocenters. The third kappa shape index (κ3) is 9.57. The van der Waals surface area contributed by atoms with Gasteiger partial charge in [-0.1, -0.05) is 20.8 Å². The molecule has 1 N–H and O–H groups in total. The van der Waals surface area contributed by atoms with E-state index in [2.05, 4.69) is 42.8 Å². The van der Waals surface area contributed by atoms with Crippen LogP contribution < -0.4 is 5.32 Å². The molecular weight excluding hydrogens is 491 g/mol. The van der Waals surface area contributed by atoms with Crippen molar-refractivity contribution >= 4 is 29.9 Å². The van der Waals surface area contributed by atoms with Crippen molar-refractivity contribution in [3.8, 4) is 0 Å². The number of nitrogens with one attached hydrogen (secondary N) is 1. The summed E-state index contributed by atoms with van der Waals surface area (Å²) < 4.78 is 11.1. The van der Waals surface area contributed by atoms with Gasteiger partial charge >= 0.3 is 0 Å². The van der Waals surface area contributed by atoms with Crippen LogP contribution in [-0.2, 0) is 9.47 Å². The molecule has 0 aromatic rings. The van der Waals surface area contributed by atoms with Gasteiger partial charge in [0.25, 0.3) is 0 Å². The van der Waals surface area contributed by atoms with E-state index in [1.165, 1.54) is 25.9 Å². The van der Waals surface area contributed by atoms with E-state index in [-0.39, 0.29) is 24.0 Å². The molecule has 2 rings (SSSR count). The van der Waals surface area contributed by atoms with Crippen LogP contribution >= 0.6 is 24.0 Å². The quantitative estimate of drug-likeness (QED) is 0.198. The van der Waals surface area contributed by atoms with Gasteiger partial charge in [0.15, 0.2) is 5.96 Å². The van der Waals surface area contributed by atoms with Crippen LogP contribution in [0.4, 0.5) is 0 Å². The molecule has 2 aliphatic rings. The number of halogens is 1. The number of methoxy groups -OCH3 is 1. The van der Waals surface area contributed by atoms with E-state index >= 15 is 0 Å². The number of likely N-dealkylation sites (tertiary alicyclic amines) is 2. The van der Waals surface area contributed by atoms with E-state index in [1.54, 1.807) is 7.11 Å². The number of piperidine rings is 2. The van der Waals surface area contributed by atoms with Gasteiger partial charge in [-0.3, -0.25) is 9.89 Å². The lowest BCUT2D eigenvalue weighted by Gasteiger charge is -2.39. The van der Waals surface area contributed by atoms with Gasteiger partial charge in [-0.05, 0) is 64.0 Å². The number of hydrogen-bond donors (Lipinski definition) is 1. The summed E-state index contributed by atoms with van der Waals surface area (Å²) in [5, 5.41) is 3.53. The second-order valence-electron chi connectivity index (χ2n) is 9.13. The summed E-state index contributed by atoms with van der Waals surface area (Å²) in [5.74, 6) is 2.58. The van der Waals surface area contributed by atoms with E-state index in [0.717, 1.165) is 70.5 Å². The average molecular weight is 539 g/mol. The minimum atomic E-state index is 0. The van der Waals surface area contributed by atoms with Gasteiger partial charge in [0, 0.05) is 46.0 Å². The molecule has 178 valence electrons. The first-order chi connectivity index (χ1) is 14.0. The average Bonchev–Trinajstić information content (AvgIpc) is 2.72. The highest BCUT2D eigenvalue weighted by molar-refractivity contribution is 14.0. The predicted octanol–water partition coefficient (Wildman–Crippen LogP) is 3.84. The minimum Gasteiger partial charge on any atom is -0.385 e. The summed E-state index contributed by atoms with van der Waals surface area (Å²) in [6.45, 7) is 17.1. The Labute approximate surface area is 202 Å². The highest BCUT2D eigenvalue weighted by Crippen LogP contribution is 2.22. The van der Waals surface area contributed by atoms with Crippen LogP contribution in [-0.4, -0.2) is 87.5 Å². The second kappa shape index (κ2) is 15.6. The standard InChI is InChI=1S/C23H46N4O2.HI/c1-6-24-23(27-14-10-21(11-15-27)29-17-7-16-28-5)25-18-22(19(2)3)26-12-8-20(4)9-13-26;/h19-22H,6-18H2,1-5H3,(H,24,25);1H. The smallest absolute Gasteiger partial charge is 0.193 e. The van der Waals surface area contributed by atoms with Crippen LogP contribution in [0.3, 0.4) is 0 Å². The maximum Gasteiger partial charge on any atom is 0.193 e. The molecule has 2 fully saturated rings. The van der Waals surface area contributed by atoms with Crippen molar-refractivity contribution in [2.24, 2.45) is 16.8 Å². The van der Waals surface area contributed by atoms with Gasteiger partial charge in [-0.2, -0.15) is 0 Å². The SMILES string of the molecule is CCNC(=NCC(C(C)C)N1CCC(C)CC1)N1CCC(OCCCOC)CC1.I. The van der Waals surface area contributed by atoms with E-state index < -0.39 is 0 Å². The first-order valence-electron chi connectivity index (χ1n) is 11.9. The van der Waals surface area contributed by atoms with E-state index in [9.17, 15) is 0 Å². The monoisotopic (exact) mass is 538 g/mol. The predicted molar refractivity (Wildman–Crippen MR) is 137 cm³/mol. The van der Waals surface area contributed by atoms with E-state index in [1.807, 2.05) is 0 Å². The van der Waals surface area contributed by atoms with Crippen LogP contribution in [0.15, 0.2) is 4.99 Å². The maximum absolute atomic E-state index is 6.02. The van der Waals surface area contributed by atoms with Crippen molar-refractivity contribution in [2.45, 2.75) is 71.9 Å². The molecule has 0 aromatic heterocycles. The molecule has 30 heavy (non-hydrogen) atoms. The summed E-state index contributed by atoms with van der Waals surface area (Å²) in [7, 11) is 1.75. The zero-order valence-electron chi connectivity index (χ0n) is 20.1. The Morgan fingerprint density at radius 3 is 2.30 bits per heavy atom. The zero-order chi connectivity index (χ0) is 21.1. The molecule has 0 spiro atoms. The number of hydrogen-bond acceptors (Lipinski definition) is 4. The number of rotatable bonds is 10. The van der Waals surface area contributed by atoms with Crippen molar-refractivity contribution in [3.63, 3.8) is 0 Å². The molecule has 0 radical (unpaired) electrons. The van der Waals surface area contributed by atoms with Crippen LogP contribution in [0.25, 0.3) is 0 Å². The van der Waals surface area contributed by atoms with Gasteiger partial charge in [0.1, 0.15) is 0 Å².